The second kappa shape index (κ2) is 6.95. The van der Waals surface area contributed by atoms with Gasteiger partial charge in [-0.1, -0.05) is 67.3 Å². The van der Waals surface area contributed by atoms with E-state index in [2.05, 4.69) is 6.58 Å². The fourth-order valence-corrected chi connectivity index (χ4v) is 5.37. The molecule has 4 heteroatoms. The summed E-state index contributed by atoms with van der Waals surface area (Å²) in [6.45, 7) is 5.84. The average Bonchev–Trinajstić information content (AvgIpc) is 2.99. The van der Waals surface area contributed by atoms with E-state index in [-0.39, 0.29) is 17.6 Å². The van der Waals surface area contributed by atoms with Gasteiger partial charge < -0.3 is 5.11 Å². The number of rotatable bonds is 3. The molecule has 0 aromatic heterocycles. The Morgan fingerprint density at radius 3 is 2.48 bits per heavy atom. The topological polar surface area (TPSA) is 57.6 Å². The Morgan fingerprint density at radius 1 is 1.03 bits per heavy atom. The first-order valence-corrected chi connectivity index (χ1v) is 10.4. The Hall–Kier alpha value is -3.66. The summed E-state index contributed by atoms with van der Waals surface area (Å²) in [5.74, 6) is -1.30. The summed E-state index contributed by atoms with van der Waals surface area (Å²) in [6, 6.07) is 20.4. The van der Waals surface area contributed by atoms with Crippen molar-refractivity contribution in [2.24, 2.45) is 11.3 Å². The van der Waals surface area contributed by atoms with Crippen molar-refractivity contribution in [1.82, 2.24) is 0 Å². The van der Waals surface area contributed by atoms with Crippen LogP contribution >= 0.6 is 0 Å². The van der Waals surface area contributed by atoms with Crippen molar-refractivity contribution in [1.29, 1.82) is 0 Å². The zero-order valence-corrected chi connectivity index (χ0v) is 17.3. The molecule has 0 saturated carbocycles. The zero-order chi connectivity index (χ0) is 21.8. The highest BCUT2D eigenvalue weighted by Crippen LogP contribution is 2.58. The molecule has 3 atom stereocenters. The number of nitrogens with zero attached hydrogens (tertiary/aromatic N) is 1. The van der Waals surface area contributed by atoms with Crippen LogP contribution in [-0.4, -0.2) is 16.9 Å². The largest absolute Gasteiger partial charge is 0.508 e. The van der Waals surface area contributed by atoms with Crippen LogP contribution in [0.25, 0.3) is 10.8 Å². The summed E-state index contributed by atoms with van der Waals surface area (Å²) in [7, 11) is 0. The predicted octanol–water partition coefficient (Wildman–Crippen LogP) is 5.34. The molecule has 1 aliphatic heterocycles. The van der Waals surface area contributed by atoms with Crippen molar-refractivity contribution < 1.29 is 14.7 Å². The van der Waals surface area contributed by atoms with Gasteiger partial charge in [-0.25, -0.2) is 4.90 Å². The first-order chi connectivity index (χ1) is 15.0. The highest BCUT2D eigenvalue weighted by atomic mass is 16.3. The van der Waals surface area contributed by atoms with Crippen LogP contribution in [0.15, 0.2) is 91.0 Å². The minimum absolute atomic E-state index is 0.122. The summed E-state index contributed by atoms with van der Waals surface area (Å²) in [5, 5.41) is 12.8. The molecular formula is C27H23NO3. The van der Waals surface area contributed by atoms with Crippen LogP contribution in [0.5, 0.6) is 5.75 Å². The third-order valence-electron chi connectivity index (χ3n) is 6.91. The normalized spacial score (nSPS) is 25.5. The SMILES string of the molecule is C=CC1=CCC2C(=O)N(c3ccccc3)C(=O)C2(C)C1c1c(O)ccc2ccccc12. The molecule has 0 bridgehead atoms. The molecule has 1 fully saturated rings. The molecule has 0 radical (unpaired) electrons. The number of hydrogen-bond donors (Lipinski definition) is 1. The van der Waals surface area contributed by atoms with Gasteiger partial charge in [0.15, 0.2) is 0 Å². The Labute approximate surface area is 181 Å². The van der Waals surface area contributed by atoms with Crippen LogP contribution in [0.4, 0.5) is 5.69 Å². The van der Waals surface area contributed by atoms with Gasteiger partial charge in [0.1, 0.15) is 5.75 Å². The number of phenolic OH excluding ortho intramolecular Hbond substituents is 1. The molecular weight excluding hydrogens is 386 g/mol. The Bertz CT molecular complexity index is 1260. The summed E-state index contributed by atoms with van der Waals surface area (Å²) >= 11 is 0. The van der Waals surface area contributed by atoms with E-state index in [0.717, 1.165) is 16.3 Å². The number of para-hydroxylation sites is 1. The molecule has 2 amide bonds. The number of carbonyl (C=O) groups is 2. The monoisotopic (exact) mass is 409 g/mol. The van der Waals surface area contributed by atoms with Crippen LogP contribution < -0.4 is 4.90 Å². The summed E-state index contributed by atoms with van der Waals surface area (Å²) in [4.78, 5) is 28.7. The fraction of sp³-hybridized carbons (Fsp3) is 0.185. The second-order valence-electron chi connectivity index (χ2n) is 8.45. The van der Waals surface area contributed by atoms with E-state index in [1.54, 1.807) is 24.3 Å². The van der Waals surface area contributed by atoms with E-state index in [4.69, 9.17) is 0 Å². The van der Waals surface area contributed by atoms with Gasteiger partial charge in [-0.2, -0.15) is 0 Å². The number of carbonyl (C=O) groups excluding carboxylic acids is 2. The molecule has 2 aliphatic rings. The molecule has 3 aromatic carbocycles. The van der Waals surface area contributed by atoms with Gasteiger partial charge in [0.25, 0.3) is 0 Å². The zero-order valence-electron chi connectivity index (χ0n) is 17.3. The molecule has 1 aliphatic carbocycles. The lowest BCUT2D eigenvalue weighted by Gasteiger charge is -2.40. The molecule has 1 N–H and O–H groups in total. The number of benzene rings is 3. The maximum atomic E-state index is 13.9. The molecule has 0 spiro atoms. The van der Waals surface area contributed by atoms with Gasteiger partial charge in [0.2, 0.25) is 11.8 Å². The molecule has 1 saturated heterocycles. The highest BCUT2D eigenvalue weighted by Gasteiger charge is 2.62. The summed E-state index contributed by atoms with van der Waals surface area (Å²) in [6.07, 6.45) is 4.20. The lowest BCUT2D eigenvalue weighted by atomic mass is 9.59. The number of imide groups is 1. The van der Waals surface area contributed by atoms with Crippen molar-refractivity contribution in [3.05, 3.63) is 96.6 Å². The van der Waals surface area contributed by atoms with Gasteiger partial charge in [-0.3, -0.25) is 9.59 Å². The highest BCUT2D eigenvalue weighted by molar-refractivity contribution is 6.24. The number of phenols is 1. The molecule has 1 heterocycles. The molecule has 31 heavy (non-hydrogen) atoms. The van der Waals surface area contributed by atoms with Crippen LogP contribution in [-0.2, 0) is 9.59 Å². The quantitative estimate of drug-likeness (QED) is 0.594. The predicted molar refractivity (Wildman–Crippen MR) is 122 cm³/mol. The van der Waals surface area contributed by atoms with Crippen molar-refractivity contribution in [3.63, 3.8) is 0 Å². The first kappa shape index (κ1) is 19.3. The van der Waals surface area contributed by atoms with E-state index < -0.39 is 17.3 Å². The summed E-state index contributed by atoms with van der Waals surface area (Å²) < 4.78 is 0. The molecule has 3 unspecified atom stereocenters. The lowest BCUT2D eigenvalue weighted by molar-refractivity contribution is -0.127. The van der Waals surface area contributed by atoms with Crippen LogP contribution in [0, 0.1) is 11.3 Å². The molecule has 5 rings (SSSR count). The summed E-state index contributed by atoms with van der Waals surface area (Å²) in [5.41, 5.74) is 1.08. The van der Waals surface area contributed by atoms with Crippen LogP contribution in [0.2, 0.25) is 0 Å². The third-order valence-corrected chi connectivity index (χ3v) is 6.91. The van der Waals surface area contributed by atoms with E-state index in [1.807, 2.05) is 61.5 Å². The van der Waals surface area contributed by atoms with Gasteiger partial charge in [0.05, 0.1) is 17.0 Å². The maximum Gasteiger partial charge on any atom is 0.241 e. The smallest absolute Gasteiger partial charge is 0.241 e. The number of fused-ring (bicyclic) bond motifs is 2. The number of aromatic hydroxyl groups is 1. The van der Waals surface area contributed by atoms with Crippen molar-refractivity contribution in [2.75, 3.05) is 4.90 Å². The van der Waals surface area contributed by atoms with Crippen LogP contribution in [0.1, 0.15) is 24.8 Å². The van der Waals surface area contributed by atoms with E-state index in [9.17, 15) is 14.7 Å². The Balaban J connectivity index is 1.76. The maximum absolute atomic E-state index is 13.9. The van der Waals surface area contributed by atoms with Gasteiger partial charge >= 0.3 is 0 Å². The van der Waals surface area contributed by atoms with Crippen molar-refractivity contribution >= 4 is 28.3 Å². The van der Waals surface area contributed by atoms with E-state index in [0.29, 0.717) is 17.7 Å². The minimum Gasteiger partial charge on any atom is -0.508 e. The standard InChI is InChI=1S/C27H23NO3/c1-3-17-13-15-21-25(30)28(19-10-5-4-6-11-19)26(31)27(21,2)24(17)23-20-12-8-7-9-18(20)14-16-22(23)29/h3-14,16,21,24,29H,1,15H2,2H3. The molecule has 154 valence electrons. The number of amides is 2. The van der Waals surface area contributed by atoms with Gasteiger partial charge in [0, 0.05) is 11.5 Å². The molecule has 3 aromatic rings. The number of anilines is 1. The number of allylic oxidation sites excluding steroid dienone is 3. The fourth-order valence-electron chi connectivity index (χ4n) is 5.37. The van der Waals surface area contributed by atoms with E-state index >= 15 is 0 Å². The molecule has 4 nitrogen and oxygen atoms in total. The van der Waals surface area contributed by atoms with Gasteiger partial charge in [-0.05, 0) is 47.9 Å². The number of hydrogen-bond acceptors (Lipinski definition) is 3. The van der Waals surface area contributed by atoms with Crippen molar-refractivity contribution in [3.8, 4) is 5.75 Å². The third kappa shape index (κ3) is 2.61. The Morgan fingerprint density at radius 2 is 1.74 bits per heavy atom. The average molecular weight is 409 g/mol. The van der Waals surface area contributed by atoms with E-state index in [1.165, 1.54) is 4.90 Å². The van der Waals surface area contributed by atoms with Crippen LogP contribution in [0.3, 0.4) is 0 Å². The first-order valence-electron chi connectivity index (χ1n) is 10.4. The van der Waals surface area contributed by atoms with Crippen molar-refractivity contribution in [2.45, 2.75) is 19.3 Å². The minimum atomic E-state index is -1.03. The lowest BCUT2D eigenvalue weighted by Crippen LogP contribution is -2.41. The Kier molecular flexibility index (Phi) is 4.33. The second-order valence-corrected chi connectivity index (χ2v) is 8.45. The van der Waals surface area contributed by atoms with Gasteiger partial charge in [-0.15, -0.1) is 0 Å².